The number of nitrogens with one attached hydrogen (secondary N) is 1. The number of aryl methyl sites for hydroxylation is 1. The van der Waals surface area contributed by atoms with Crippen molar-refractivity contribution in [3.8, 4) is 6.07 Å². The van der Waals surface area contributed by atoms with E-state index in [4.69, 9.17) is 5.26 Å². The van der Waals surface area contributed by atoms with Crippen LogP contribution in [-0.4, -0.2) is 20.4 Å². The molecule has 28 heavy (non-hydrogen) atoms. The fourth-order valence-corrected chi connectivity index (χ4v) is 3.56. The molecule has 1 aromatic carbocycles. The molecule has 140 valence electrons. The number of nitriles is 1. The molecule has 7 heteroatoms. The summed E-state index contributed by atoms with van der Waals surface area (Å²) in [5, 5.41) is 12.1. The van der Waals surface area contributed by atoms with Crippen LogP contribution in [-0.2, 0) is 24.2 Å². The van der Waals surface area contributed by atoms with Gasteiger partial charge < -0.3 is 5.32 Å². The van der Waals surface area contributed by atoms with Gasteiger partial charge in [0.2, 0.25) is 5.91 Å². The summed E-state index contributed by atoms with van der Waals surface area (Å²) in [5.41, 5.74) is 3.23. The third-order valence-corrected chi connectivity index (χ3v) is 5.01. The zero-order valence-corrected chi connectivity index (χ0v) is 15.5. The second-order valence-electron chi connectivity index (χ2n) is 7.23. The number of fused-ring (bicyclic) bond motifs is 2. The van der Waals surface area contributed by atoms with Crippen molar-refractivity contribution < 1.29 is 4.79 Å². The van der Waals surface area contributed by atoms with Crippen LogP contribution in [0.3, 0.4) is 0 Å². The fraction of sp³-hybridized carbons (Fsp3) is 0.286. The number of nitrogens with zero attached hydrogens (tertiary/aromatic N) is 4. The van der Waals surface area contributed by atoms with Crippen LogP contribution in [0.2, 0.25) is 0 Å². The normalized spacial score (nSPS) is 15.6. The Kier molecular flexibility index (Phi) is 4.62. The smallest absolute Gasteiger partial charge is 0.263 e. The van der Waals surface area contributed by atoms with E-state index in [0.29, 0.717) is 28.2 Å². The molecule has 7 nitrogen and oxygen atoms in total. The number of carbonyl (C=O) groups is 1. The molecule has 0 saturated heterocycles. The number of hydrogen-bond acceptors (Lipinski definition) is 5. The molecule has 1 aliphatic carbocycles. The van der Waals surface area contributed by atoms with E-state index in [1.807, 2.05) is 12.1 Å². The third-order valence-electron chi connectivity index (χ3n) is 5.01. The maximum Gasteiger partial charge on any atom is 0.263 e. The summed E-state index contributed by atoms with van der Waals surface area (Å²) in [5.74, 6) is 0.207. The van der Waals surface area contributed by atoms with E-state index >= 15 is 0 Å². The van der Waals surface area contributed by atoms with Crippen molar-refractivity contribution in [2.45, 2.75) is 32.7 Å². The molecule has 0 radical (unpaired) electrons. The number of hydrogen-bond donors (Lipinski definition) is 1. The van der Waals surface area contributed by atoms with Crippen molar-refractivity contribution in [3.05, 3.63) is 63.8 Å². The van der Waals surface area contributed by atoms with Crippen molar-refractivity contribution in [2.75, 3.05) is 5.32 Å². The van der Waals surface area contributed by atoms with Crippen LogP contribution < -0.4 is 10.9 Å². The van der Waals surface area contributed by atoms with Gasteiger partial charge in [-0.05, 0) is 55.0 Å². The monoisotopic (exact) mass is 373 g/mol. The molecule has 1 N–H and O–H groups in total. The fourth-order valence-electron chi connectivity index (χ4n) is 3.56. The molecule has 2 aromatic heterocycles. The Bertz CT molecular complexity index is 1180. The first-order valence-electron chi connectivity index (χ1n) is 9.21. The van der Waals surface area contributed by atoms with Gasteiger partial charge in [-0.15, -0.1) is 0 Å². The van der Waals surface area contributed by atoms with Crippen LogP contribution >= 0.6 is 0 Å². The molecule has 0 bridgehead atoms. The maximum absolute atomic E-state index is 12.8. The first kappa shape index (κ1) is 17.9. The molecule has 0 aliphatic heterocycles. The minimum atomic E-state index is -0.363. The quantitative estimate of drug-likeness (QED) is 0.760. The van der Waals surface area contributed by atoms with Crippen molar-refractivity contribution >= 4 is 22.6 Å². The third kappa shape index (κ3) is 3.49. The van der Waals surface area contributed by atoms with Crippen molar-refractivity contribution in [3.63, 3.8) is 0 Å². The van der Waals surface area contributed by atoms with Crippen LogP contribution in [0.5, 0.6) is 0 Å². The van der Waals surface area contributed by atoms with Crippen LogP contribution in [0.4, 0.5) is 5.69 Å². The predicted molar refractivity (Wildman–Crippen MR) is 105 cm³/mol. The van der Waals surface area contributed by atoms with Crippen LogP contribution in [0.1, 0.15) is 30.2 Å². The molecule has 3 aromatic rings. The highest BCUT2D eigenvalue weighted by Crippen LogP contribution is 2.25. The van der Waals surface area contributed by atoms with Gasteiger partial charge in [0.1, 0.15) is 12.9 Å². The van der Waals surface area contributed by atoms with Gasteiger partial charge in [0.25, 0.3) is 5.56 Å². The second kappa shape index (κ2) is 7.24. The lowest BCUT2D eigenvalue weighted by atomic mass is 9.87. The van der Waals surface area contributed by atoms with Gasteiger partial charge in [0.15, 0.2) is 5.65 Å². The van der Waals surface area contributed by atoms with E-state index in [1.165, 1.54) is 10.9 Å². The van der Waals surface area contributed by atoms with E-state index in [0.717, 1.165) is 30.5 Å². The van der Waals surface area contributed by atoms with Gasteiger partial charge in [0.05, 0.1) is 17.0 Å². The van der Waals surface area contributed by atoms with Gasteiger partial charge in [-0.1, -0.05) is 13.0 Å². The van der Waals surface area contributed by atoms with E-state index in [1.54, 1.807) is 24.3 Å². The lowest BCUT2D eigenvalue weighted by molar-refractivity contribution is -0.116. The Hall–Kier alpha value is -3.53. The van der Waals surface area contributed by atoms with Gasteiger partial charge in [0, 0.05) is 11.4 Å². The molecule has 0 saturated carbocycles. The highest BCUT2D eigenvalue weighted by Gasteiger charge is 2.19. The molecule has 1 unspecified atom stereocenters. The number of anilines is 1. The number of pyridine rings is 1. The second-order valence-corrected chi connectivity index (χ2v) is 7.23. The highest BCUT2D eigenvalue weighted by atomic mass is 16.2. The summed E-state index contributed by atoms with van der Waals surface area (Å²) in [6.45, 7) is 2.03. The molecule has 1 atom stereocenters. The minimum Gasteiger partial charge on any atom is -0.324 e. The topological polar surface area (TPSA) is 101 Å². The van der Waals surface area contributed by atoms with Crippen molar-refractivity contribution in [2.24, 2.45) is 5.92 Å². The van der Waals surface area contributed by atoms with Crippen LogP contribution in [0.25, 0.3) is 11.0 Å². The first-order valence-corrected chi connectivity index (χ1v) is 9.21. The lowest BCUT2D eigenvalue weighted by Gasteiger charge is -2.20. The number of rotatable bonds is 3. The van der Waals surface area contributed by atoms with Crippen LogP contribution in [0.15, 0.2) is 41.5 Å². The number of benzene rings is 1. The molecule has 4 rings (SSSR count). The Labute approximate surface area is 161 Å². The molecule has 1 amide bonds. The zero-order valence-electron chi connectivity index (χ0n) is 15.5. The molecule has 0 fully saturated rings. The first-order chi connectivity index (χ1) is 13.5. The predicted octanol–water partition coefficient (Wildman–Crippen LogP) is 2.43. The summed E-state index contributed by atoms with van der Waals surface area (Å²) in [7, 11) is 0. The van der Waals surface area contributed by atoms with Crippen LogP contribution in [0, 0.1) is 17.2 Å². The molecule has 0 spiro atoms. The van der Waals surface area contributed by atoms with E-state index in [2.05, 4.69) is 22.2 Å². The average Bonchev–Trinajstić information content (AvgIpc) is 2.69. The minimum absolute atomic E-state index is 0.161. The Morgan fingerprint density at radius 3 is 3.07 bits per heavy atom. The largest absolute Gasteiger partial charge is 0.324 e. The number of amides is 1. The van der Waals surface area contributed by atoms with Crippen molar-refractivity contribution in [1.29, 1.82) is 5.26 Å². The molecular weight excluding hydrogens is 354 g/mol. The zero-order chi connectivity index (χ0) is 19.7. The van der Waals surface area contributed by atoms with Gasteiger partial charge in [-0.2, -0.15) is 5.26 Å². The Morgan fingerprint density at radius 1 is 1.39 bits per heavy atom. The number of aromatic nitrogens is 3. The van der Waals surface area contributed by atoms with E-state index in [-0.39, 0.29) is 18.0 Å². The summed E-state index contributed by atoms with van der Waals surface area (Å²) >= 11 is 0. The van der Waals surface area contributed by atoms with Gasteiger partial charge in [-0.3, -0.25) is 14.2 Å². The lowest BCUT2D eigenvalue weighted by Crippen LogP contribution is -2.28. The average molecular weight is 373 g/mol. The summed E-state index contributed by atoms with van der Waals surface area (Å²) in [6, 6.07) is 10.5. The van der Waals surface area contributed by atoms with Gasteiger partial charge in [-0.25, -0.2) is 9.97 Å². The standard InChI is InChI=1S/C21H19N5O2/c1-13-5-6-18-15(7-13)9-17-20(25-18)23-12-26(21(17)28)11-19(27)24-16-4-2-3-14(8-16)10-22/h2-4,8-9,12-13H,5-7,11H2,1H3,(H,24,27). The summed E-state index contributed by atoms with van der Waals surface area (Å²) < 4.78 is 1.28. The molecule has 1 aliphatic rings. The van der Waals surface area contributed by atoms with Gasteiger partial charge >= 0.3 is 0 Å². The SMILES string of the molecule is CC1CCc2nc3ncn(CC(=O)Nc4cccc(C#N)c4)c(=O)c3cc2C1. The number of carbonyl (C=O) groups excluding carboxylic acids is 1. The maximum atomic E-state index is 12.8. The van der Waals surface area contributed by atoms with Crippen molar-refractivity contribution in [1.82, 2.24) is 14.5 Å². The highest BCUT2D eigenvalue weighted by molar-refractivity contribution is 5.90. The molecule has 2 heterocycles. The summed E-state index contributed by atoms with van der Waals surface area (Å²) in [4.78, 5) is 34.0. The molecular formula is C21H19N5O2. The van der Waals surface area contributed by atoms with E-state index in [9.17, 15) is 9.59 Å². The Balaban J connectivity index is 1.60. The summed E-state index contributed by atoms with van der Waals surface area (Å²) in [6.07, 6.45) is 4.26. The Morgan fingerprint density at radius 2 is 2.25 bits per heavy atom. The van der Waals surface area contributed by atoms with E-state index < -0.39 is 0 Å².